The van der Waals surface area contributed by atoms with Crippen molar-refractivity contribution in [3.05, 3.63) is 42.0 Å². The molecule has 0 aromatic carbocycles. The molecule has 5 heteroatoms. The highest BCUT2D eigenvalue weighted by Crippen LogP contribution is 2.38. The Labute approximate surface area is 136 Å². The third-order valence-corrected chi connectivity index (χ3v) is 4.48. The van der Waals surface area contributed by atoms with E-state index < -0.39 is 0 Å². The molecule has 0 unspecified atom stereocenters. The van der Waals surface area contributed by atoms with Crippen molar-refractivity contribution in [1.82, 2.24) is 15.0 Å². The van der Waals surface area contributed by atoms with Crippen LogP contribution in [0.3, 0.4) is 0 Å². The van der Waals surface area contributed by atoms with Gasteiger partial charge in [0.15, 0.2) is 0 Å². The minimum atomic E-state index is 0.355. The highest BCUT2D eigenvalue weighted by molar-refractivity contribution is 5.35. The number of anilines is 1. The van der Waals surface area contributed by atoms with Gasteiger partial charge in [0.05, 0.1) is 0 Å². The number of rotatable bonds is 6. The molecule has 0 amide bonds. The molecule has 0 bridgehead atoms. The summed E-state index contributed by atoms with van der Waals surface area (Å²) in [5, 5.41) is 3.34. The van der Waals surface area contributed by atoms with Crippen molar-refractivity contribution in [3.8, 4) is 5.88 Å². The van der Waals surface area contributed by atoms with Crippen LogP contribution in [0.1, 0.15) is 55.8 Å². The predicted molar refractivity (Wildman–Crippen MR) is 88.5 cm³/mol. The van der Waals surface area contributed by atoms with Crippen molar-refractivity contribution in [1.29, 1.82) is 0 Å². The van der Waals surface area contributed by atoms with Crippen molar-refractivity contribution in [2.45, 2.75) is 57.1 Å². The first-order valence-corrected chi connectivity index (χ1v) is 8.55. The van der Waals surface area contributed by atoms with Gasteiger partial charge in [-0.1, -0.05) is 6.07 Å². The molecule has 2 fully saturated rings. The van der Waals surface area contributed by atoms with Crippen molar-refractivity contribution in [2.24, 2.45) is 0 Å². The Morgan fingerprint density at radius 1 is 1.04 bits per heavy atom. The van der Waals surface area contributed by atoms with Crippen LogP contribution >= 0.6 is 0 Å². The zero-order chi connectivity index (χ0) is 15.5. The average Bonchev–Trinajstić information content (AvgIpc) is 3.33. The fourth-order valence-corrected chi connectivity index (χ4v) is 2.97. The standard InChI is InChI=1S/C18H22N4O/c1-2-4-15(3-1)23-17-8-5-13(12-21-17)11-20-16-9-10-19-18(22-16)14-6-7-14/h5,8-10,12,14-15H,1-4,6-7,11H2,(H,19,20,22). The summed E-state index contributed by atoms with van der Waals surface area (Å²) in [6.07, 6.45) is 11.4. The fraction of sp³-hybridized carbons (Fsp3) is 0.500. The van der Waals surface area contributed by atoms with E-state index in [2.05, 4.69) is 26.3 Å². The van der Waals surface area contributed by atoms with E-state index in [-0.39, 0.29) is 0 Å². The summed E-state index contributed by atoms with van der Waals surface area (Å²) in [5.74, 6) is 3.16. The lowest BCUT2D eigenvalue weighted by Crippen LogP contribution is -2.12. The lowest BCUT2D eigenvalue weighted by Gasteiger charge is -2.12. The first-order valence-electron chi connectivity index (χ1n) is 8.55. The Kier molecular flexibility index (Phi) is 4.09. The molecule has 2 saturated carbocycles. The van der Waals surface area contributed by atoms with Gasteiger partial charge in [0.2, 0.25) is 5.88 Å². The molecule has 0 radical (unpaired) electrons. The monoisotopic (exact) mass is 310 g/mol. The van der Waals surface area contributed by atoms with Crippen LogP contribution in [-0.4, -0.2) is 21.1 Å². The van der Waals surface area contributed by atoms with Crippen LogP contribution in [0.15, 0.2) is 30.6 Å². The number of hydrogen-bond acceptors (Lipinski definition) is 5. The molecule has 2 aliphatic carbocycles. The van der Waals surface area contributed by atoms with E-state index in [4.69, 9.17) is 4.74 Å². The Bertz CT molecular complexity index is 648. The number of aromatic nitrogens is 3. The zero-order valence-corrected chi connectivity index (χ0v) is 13.2. The van der Waals surface area contributed by atoms with Crippen molar-refractivity contribution in [2.75, 3.05) is 5.32 Å². The second-order valence-corrected chi connectivity index (χ2v) is 6.46. The predicted octanol–water partition coefficient (Wildman–Crippen LogP) is 3.68. The van der Waals surface area contributed by atoms with Gasteiger partial charge in [-0.15, -0.1) is 0 Å². The van der Waals surface area contributed by atoms with Gasteiger partial charge in [0.25, 0.3) is 0 Å². The van der Waals surface area contributed by atoms with E-state index in [9.17, 15) is 0 Å². The SMILES string of the molecule is c1cc(NCc2ccc(OC3CCCC3)nc2)nc(C2CC2)n1. The number of nitrogens with zero attached hydrogens (tertiary/aromatic N) is 3. The second kappa shape index (κ2) is 6.52. The molecule has 2 aromatic heterocycles. The summed E-state index contributed by atoms with van der Waals surface area (Å²) in [6, 6.07) is 5.94. The van der Waals surface area contributed by atoms with E-state index >= 15 is 0 Å². The summed E-state index contributed by atoms with van der Waals surface area (Å²) < 4.78 is 5.89. The molecule has 0 saturated heterocycles. The minimum absolute atomic E-state index is 0.355. The van der Waals surface area contributed by atoms with E-state index in [1.165, 1.54) is 25.7 Å². The van der Waals surface area contributed by atoms with Crippen LogP contribution < -0.4 is 10.1 Å². The molecule has 23 heavy (non-hydrogen) atoms. The van der Waals surface area contributed by atoms with E-state index in [0.717, 1.165) is 35.9 Å². The molecule has 1 N–H and O–H groups in total. The van der Waals surface area contributed by atoms with E-state index in [1.54, 1.807) is 0 Å². The quantitative estimate of drug-likeness (QED) is 0.882. The Morgan fingerprint density at radius 2 is 1.91 bits per heavy atom. The maximum atomic E-state index is 5.89. The second-order valence-electron chi connectivity index (χ2n) is 6.46. The summed E-state index contributed by atoms with van der Waals surface area (Å²) in [6.45, 7) is 0.706. The maximum absolute atomic E-state index is 5.89. The summed E-state index contributed by atoms with van der Waals surface area (Å²) in [4.78, 5) is 13.3. The first kappa shape index (κ1) is 14.4. The third-order valence-electron chi connectivity index (χ3n) is 4.48. The highest BCUT2D eigenvalue weighted by atomic mass is 16.5. The topological polar surface area (TPSA) is 59.9 Å². The van der Waals surface area contributed by atoms with Gasteiger partial charge in [-0.2, -0.15) is 0 Å². The zero-order valence-electron chi connectivity index (χ0n) is 13.2. The number of hydrogen-bond donors (Lipinski definition) is 1. The number of pyridine rings is 1. The number of ether oxygens (including phenoxy) is 1. The van der Waals surface area contributed by atoms with Gasteiger partial charge in [0.1, 0.15) is 17.7 Å². The van der Waals surface area contributed by atoms with Gasteiger partial charge < -0.3 is 10.1 Å². The van der Waals surface area contributed by atoms with Crippen LogP contribution in [0.5, 0.6) is 5.88 Å². The normalized spacial score (nSPS) is 18.1. The Balaban J connectivity index is 1.32. The van der Waals surface area contributed by atoms with Crippen LogP contribution in [0.2, 0.25) is 0 Å². The molecular weight excluding hydrogens is 288 g/mol. The molecule has 0 aliphatic heterocycles. The first-order chi connectivity index (χ1) is 11.4. The summed E-state index contributed by atoms with van der Waals surface area (Å²) in [5.41, 5.74) is 1.12. The summed E-state index contributed by atoms with van der Waals surface area (Å²) >= 11 is 0. The largest absolute Gasteiger partial charge is 0.474 e. The molecule has 0 spiro atoms. The van der Waals surface area contributed by atoms with Gasteiger partial charge in [-0.3, -0.25) is 0 Å². The Hall–Kier alpha value is -2.17. The van der Waals surface area contributed by atoms with Gasteiger partial charge >= 0.3 is 0 Å². The van der Waals surface area contributed by atoms with Gasteiger partial charge in [-0.05, 0) is 50.2 Å². The molecular formula is C18H22N4O. The molecule has 0 atom stereocenters. The molecule has 5 nitrogen and oxygen atoms in total. The van der Waals surface area contributed by atoms with Crippen molar-refractivity contribution < 1.29 is 4.74 Å². The maximum Gasteiger partial charge on any atom is 0.213 e. The van der Waals surface area contributed by atoms with Crippen molar-refractivity contribution >= 4 is 5.82 Å². The van der Waals surface area contributed by atoms with Gasteiger partial charge in [-0.25, -0.2) is 15.0 Å². The highest BCUT2D eigenvalue weighted by Gasteiger charge is 2.26. The average molecular weight is 310 g/mol. The van der Waals surface area contributed by atoms with Crippen LogP contribution in [0, 0.1) is 0 Å². The molecule has 2 heterocycles. The fourth-order valence-electron chi connectivity index (χ4n) is 2.97. The van der Waals surface area contributed by atoms with Gasteiger partial charge in [0, 0.05) is 30.9 Å². The minimum Gasteiger partial charge on any atom is -0.474 e. The lowest BCUT2D eigenvalue weighted by atomic mass is 10.3. The lowest BCUT2D eigenvalue weighted by molar-refractivity contribution is 0.201. The van der Waals surface area contributed by atoms with Crippen LogP contribution in [0.4, 0.5) is 5.82 Å². The molecule has 120 valence electrons. The third kappa shape index (κ3) is 3.78. The van der Waals surface area contributed by atoms with E-state index in [0.29, 0.717) is 18.6 Å². The van der Waals surface area contributed by atoms with Crippen molar-refractivity contribution in [3.63, 3.8) is 0 Å². The molecule has 2 aliphatic rings. The molecule has 4 rings (SSSR count). The number of nitrogens with one attached hydrogen (secondary N) is 1. The van der Waals surface area contributed by atoms with Crippen LogP contribution in [-0.2, 0) is 6.54 Å². The summed E-state index contributed by atoms with van der Waals surface area (Å²) in [7, 11) is 0. The Morgan fingerprint density at radius 3 is 2.65 bits per heavy atom. The smallest absolute Gasteiger partial charge is 0.213 e. The van der Waals surface area contributed by atoms with E-state index in [1.807, 2.05) is 24.5 Å². The van der Waals surface area contributed by atoms with Crippen LogP contribution in [0.25, 0.3) is 0 Å². The molecule has 2 aromatic rings.